The van der Waals surface area contributed by atoms with Crippen LogP contribution in [-0.4, -0.2) is 141 Å². The van der Waals surface area contributed by atoms with Crippen LogP contribution in [0.2, 0.25) is 0 Å². The molecular formula is C45H75N7O8S. The maximum atomic E-state index is 14.5. The lowest BCUT2D eigenvalue weighted by Gasteiger charge is -2.41. The first-order chi connectivity index (χ1) is 29.1. The number of amides is 4. The Morgan fingerprint density at radius 2 is 1.66 bits per heavy atom. The van der Waals surface area contributed by atoms with E-state index in [0.717, 1.165) is 23.4 Å². The zero-order chi connectivity index (χ0) is 45.2. The lowest BCUT2D eigenvalue weighted by Crippen LogP contribution is -2.60. The molecule has 61 heavy (non-hydrogen) atoms. The number of rotatable bonds is 27. The molecule has 9 atom stereocenters. The number of hydrogen-bond acceptors (Lipinski definition) is 12. The van der Waals surface area contributed by atoms with E-state index in [0.29, 0.717) is 39.1 Å². The highest BCUT2D eigenvalue weighted by Crippen LogP contribution is 2.30. The van der Waals surface area contributed by atoms with E-state index in [4.69, 9.17) is 20.1 Å². The third-order valence-electron chi connectivity index (χ3n) is 12.1. The number of nitrogens with zero attached hydrogens (tertiary/aromatic N) is 4. The molecule has 3 rings (SSSR count). The highest BCUT2D eigenvalue weighted by molar-refractivity contribution is 7.09. The molecule has 0 bridgehead atoms. The van der Waals surface area contributed by atoms with Crippen LogP contribution in [-0.2, 0) is 44.6 Å². The van der Waals surface area contributed by atoms with Crippen LogP contribution in [0, 0.1) is 23.7 Å². The fourth-order valence-electron chi connectivity index (χ4n) is 8.61. The van der Waals surface area contributed by atoms with Gasteiger partial charge in [0.2, 0.25) is 23.6 Å². The van der Waals surface area contributed by atoms with Crippen molar-refractivity contribution in [3.05, 3.63) is 52.5 Å². The average molecular weight is 874 g/mol. The van der Waals surface area contributed by atoms with Crippen LogP contribution < -0.4 is 16.5 Å². The molecule has 15 nitrogen and oxygen atoms in total. The molecule has 4 N–H and O–H groups in total. The molecule has 1 aromatic heterocycles. The minimum Gasteiger partial charge on any atom is -0.379 e. The second-order valence-corrected chi connectivity index (χ2v) is 18.0. The summed E-state index contributed by atoms with van der Waals surface area (Å²) in [4.78, 5) is 71.3. The quantitative estimate of drug-likeness (QED) is 0.0853. The minimum absolute atomic E-state index is 0.0260. The number of thiazole rings is 1. The van der Waals surface area contributed by atoms with E-state index in [1.54, 1.807) is 32.4 Å². The van der Waals surface area contributed by atoms with Crippen molar-refractivity contribution >= 4 is 35.0 Å². The second kappa shape index (κ2) is 26.2. The van der Waals surface area contributed by atoms with Crippen LogP contribution in [0.4, 0.5) is 0 Å². The van der Waals surface area contributed by atoms with Crippen LogP contribution in [0.1, 0.15) is 90.8 Å². The van der Waals surface area contributed by atoms with Gasteiger partial charge in [0.05, 0.1) is 68.5 Å². The van der Waals surface area contributed by atoms with Crippen LogP contribution in [0.3, 0.4) is 0 Å². The number of methoxy groups -OCH3 is 2. The monoisotopic (exact) mass is 874 g/mol. The maximum absolute atomic E-state index is 14.5. The number of likely N-dealkylation sites (tertiary alicyclic amines) is 1. The van der Waals surface area contributed by atoms with Crippen molar-refractivity contribution in [2.45, 2.75) is 123 Å². The van der Waals surface area contributed by atoms with Crippen molar-refractivity contribution in [3.63, 3.8) is 0 Å². The number of aromatic nitrogens is 1. The number of benzene rings is 1. The summed E-state index contributed by atoms with van der Waals surface area (Å²) in [5.74, 6) is 3.43. The van der Waals surface area contributed by atoms with Gasteiger partial charge in [-0.3, -0.25) is 24.1 Å². The lowest BCUT2D eigenvalue weighted by molar-refractivity contribution is -0.148. The van der Waals surface area contributed by atoms with E-state index in [1.807, 2.05) is 94.1 Å². The minimum atomic E-state index is -0.814. The largest absolute Gasteiger partial charge is 0.379 e. The van der Waals surface area contributed by atoms with Crippen molar-refractivity contribution < 1.29 is 38.2 Å². The SMILES string of the molecule is CC[C@H](C)[C@@H]([C@@H](CC(=O)N1CCC[C@H]1[C@H](OC)[C@@H](C)C(=O)N[C@@H](Cc1ccccc1)c1nccs1)OC)N(C)C(=O)C(NC(=O)[C@H](C(C)C)N(C)CCOCCON)C(C)C. The number of carbonyl (C=O) groups is 4. The van der Waals surface area contributed by atoms with Crippen LogP contribution in [0.5, 0.6) is 0 Å². The molecule has 0 radical (unpaired) electrons. The summed E-state index contributed by atoms with van der Waals surface area (Å²) < 4.78 is 17.7. The van der Waals surface area contributed by atoms with Gasteiger partial charge < -0.3 is 39.5 Å². The molecule has 1 aliphatic rings. The summed E-state index contributed by atoms with van der Waals surface area (Å²) in [7, 11) is 6.77. The molecule has 1 aliphatic heterocycles. The summed E-state index contributed by atoms with van der Waals surface area (Å²) in [5, 5.41) is 9.05. The predicted molar refractivity (Wildman–Crippen MR) is 238 cm³/mol. The van der Waals surface area contributed by atoms with E-state index in [1.165, 1.54) is 11.3 Å². The number of likely N-dealkylation sites (N-methyl/N-ethyl adjacent to an activating group) is 2. The maximum Gasteiger partial charge on any atom is 0.245 e. The standard InChI is InChI=1S/C45H75N7O8S/c1-12-31(6)40(51(9)45(56)38(29(2)3)49-43(55)39(30(4)5)50(8)22-23-59-24-25-60-46)36(57-10)28-37(53)52-21-16-19-35(52)41(58-11)32(7)42(54)48-34(44-47-20-26-61-44)27-33-17-14-13-15-18-33/h13-15,17-18,20,26,29-32,34-36,38-41H,12,16,19,21-25,27-28,46H2,1-11H3,(H,48,54)(H,49,55)/t31-,32+,34-,35-,36+,38?,39-,40-,41+/m0/s1. The zero-order valence-electron chi connectivity index (χ0n) is 38.5. The molecule has 4 amide bonds. The number of nitrogens with two attached hydrogens (primary N) is 1. The highest BCUT2D eigenvalue weighted by atomic mass is 32.1. The number of nitrogens with one attached hydrogen (secondary N) is 2. The Kier molecular flexibility index (Phi) is 22.3. The van der Waals surface area contributed by atoms with Gasteiger partial charge in [0.25, 0.3) is 0 Å². The summed E-state index contributed by atoms with van der Waals surface area (Å²) >= 11 is 1.50. The third-order valence-corrected chi connectivity index (χ3v) is 13.0. The smallest absolute Gasteiger partial charge is 0.245 e. The predicted octanol–water partition coefficient (Wildman–Crippen LogP) is 4.47. The van der Waals surface area contributed by atoms with Gasteiger partial charge in [-0.2, -0.15) is 0 Å². The number of carbonyl (C=O) groups excluding carboxylic acids is 4. The molecule has 1 fully saturated rings. The van der Waals surface area contributed by atoms with Gasteiger partial charge in [0.1, 0.15) is 11.0 Å². The molecule has 344 valence electrons. The van der Waals surface area contributed by atoms with E-state index < -0.39 is 36.3 Å². The summed E-state index contributed by atoms with van der Waals surface area (Å²) in [6.45, 7) is 15.8. The zero-order valence-corrected chi connectivity index (χ0v) is 39.3. The van der Waals surface area contributed by atoms with Crippen LogP contribution in [0.25, 0.3) is 0 Å². The summed E-state index contributed by atoms with van der Waals surface area (Å²) in [6.07, 6.45) is 3.34. The third kappa shape index (κ3) is 14.8. The Hall–Kier alpha value is -3.51. The molecule has 0 aliphatic carbocycles. The van der Waals surface area contributed by atoms with Crippen molar-refractivity contribution in [2.24, 2.45) is 29.6 Å². The normalized spacial score (nSPS) is 18.3. The fraction of sp³-hybridized carbons (Fsp3) is 0.711. The Morgan fingerprint density at radius 3 is 2.23 bits per heavy atom. The van der Waals surface area contributed by atoms with E-state index in [9.17, 15) is 19.2 Å². The van der Waals surface area contributed by atoms with Crippen molar-refractivity contribution in [1.29, 1.82) is 0 Å². The number of ether oxygens (including phenoxy) is 3. The molecule has 1 saturated heterocycles. The van der Waals surface area contributed by atoms with Gasteiger partial charge in [-0.15, -0.1) is 11.3 Å². The van der Waals surface area contributed by atoms with Gasteiger partial charge in [0, 0.05) is 45.9 Å². The molecule has 1 unspecified atom stereocenters. The van der Waals surface area contributed by atoms with Gasteiger partial charge in [-0.05, 0) is 49.6 Å². The van der Waals surface area contributed by atoms with Gasteiger partial charge in [-0.25, -0.2) is 10.9 Å². The van der Waals surface area contributed by atoms with E-state index >= 15 is 0 Å². The molecule has 0 saturated carbocycles. The molecule has 1 aromatic carbocycles. The Morgan fingerprint density at radius 1 is 0.951 bits per heavy atom. The first-order valence-electron chi connectivity index (χ1n) is 21.9. The first kappa shape index (κ1) is 51.8. The molecule has 2 heterocycles. The number of hydrogen-bond donors (Lipinski definition) is 3. The average Bonchev–Trinajstić information content (AvgIpc) is 3.96. The van der Waals surface area contributed by atoms with Gasteiger partial charge in [0.15, 0.2) is 0 Å². The second-order valence-electron chi connectivity index (χ2n) is 17.1. The lowest BCUT2D eigenvalue weighted by atomic mass is 9.89. The van der Waals surface area contributed by atoms with Crippen LogP contribution >= 0.6 is 11.3 Å². The topological polar surface area (TPSA) is 178 Å². The Labute approximate surface area is 368 Å². The van der Waals surface area contributed by atoms with E-state index in [2.05, 4.69) is 27.4 Å². The molecule has 16 heteroatoms. The highest BCUT2D eigenvalue weighted by Gasteiger charge is 2.43. The Bertz CT molecular complexity index is 1600. The fourth-order valence-corrected chi connectivity index (χ4v) is 9.30. The van der Waals surface area contributed by atoms with Crippen molar-refractivity contribution in [2.75, 3.05) is 61.2 Å². The first-order valence-corrected chi connectivity index (χ1v) is 22.7. The van der Waals surface area contributed by atoms with Crippen molar-refractivity contribution in [1.82, 2.24) is 30.3 Å². The Balaban J connectivity index is 1.76. The summed E-state index contributed by atoms with van der Waals surface area (Å²) in [5.41, 5.74) is 1.09. The van der Waals surface area contributed by atoms with Crippen molar-refractivity contribution in [3.8, 4) is 0 Å². The molecule has 0 spiro atoms. The van der Waals surface area contributed by atoms with Crippen LogP contribution in [0.15, 0.2) is 41.9 Å². The molecule has 2 aromatic rings. The molecular weight excluding hydrogens is 799 g/mol. The van der Waals surface area contributed by atoms with Gasteiger partial charge in [-0.1, -0.05) is 85.2 Å². The summed E-state index contributed by atoms with van der Waals surface area (Å²) in [6, 6.07) is 7.56. The van der Waals surface area contributed by atoms with E-state index in [-0.39, 0.29) is 66.5 Å². The van der Waals surface area contributed by atoms with Gasteiger partial charge >= 0.3 is 0 Å².